The monoisotopic (exact) mass is 240 g/mol. The zero-order valence-corrected chi connectivity index (χ0v) is 10.1. The summed E-state index contributed by atoms with van der Waals surface area (Å²) in [7, 11) is 0. The molecule has 4 nitrogen and oxygen atoms in total. The fourth-order valence-electron chi connectivity index (χ4n) is 2.41. The molecule has 1 aliphatic heterocycles. The number of hydrogen-bond donors (Lipinski definition) is 2. The highest BCUT2D eigenvalue weighted by atomic mass is 15.3. The van der Waals surface area contributed by atoms with E-state index in [1.165, 1.54) is 11.1 Å². The SMILES string of the molecule is NNc1cc(N2CCc3ccccc3C2)ccn1. The van der Waals surface area contributed by atoms with Crippen LogP contribution >= 0.6 is 0 Å². The number of nitrogen functional groups attached to an aromatic ring is 1. The number of nitrogens with two attached hydrogens (primary N) is 1. The lowest BCUT2D eigenvalue weighted by Crippen LogP contribution is -2.30. The molecule has 0 fully saturated rings. The fraction of sp³-hybridized carbons (Fsp3) is 0.214. The van der Waals surface area contributed by atoms with Crippen LogP contribution < -0.4 is 16.2 Å². The second kappa shape index (κ2) is 4.66. The molecule has 92 valence electrons. The maximum atomic E-state index is 5.39. The molecule has 0 aliphatic carbocycles. The third kappa shape index (κ3) is 2.02. The van der Waals surface area contributed by atoms with Gasteiger partial charge < -0.3 is 10.3 Å². The van der Waals surface area contributed by atoms with Gasteiger partial charge in [0.25, 0.3) is 0 Å². The molecular formula is C14H16N4. The summed E-state index contributed by atoms with van der Waals surface area (Å²) in [4.78, 5) is 6.49. The summed E-state index contributed by atoms with van der Waals surface area (Å²) >= 11 is 0. The summed E-state index contributed by atoms with van der Waals surface area (Å²) < 4.78 is 0. The molecule has 0 spiro atoms. The van der Waals surface area contributed by atoms with Crippen LogP contribution in [0.3, 0.4) is 0 Å². The minimum Gasteiger partial charge on any atom is -0.367 e. The van der Waals surface area contributed by atoms with Gasteiger partial charge in [0, 0.05) is 31.0 Å². The van der Waals surface area contributed by atoms with Gasteiger partial charge in [0.15, 0.2) is 0 Å². The highest BCUT2D eigenvalue weighted by Gasteiger charge is 2.16. The summed E-state index contributed by atoms with van der Waals surface area (Å²) in [5.74, 6) is 6.09. The Bertz CT molecular complexity index is 553. The van der Waals surface area contributed by atoms with Crippen LogP contribution in [-0.4, -0.2) is 11.5 Å². The first-order valence-corrected chi connectivity index (χ1v) is 6.11. The zero-order valence-electron chi connectivity index (χ0n) is 10.1. The van der Waals surface area contributed by atoms with Crippen LogP contribution in [0, 0.1) is 0 Å². The van der Waals surface area contributed by atoms with Crippen molar-refractivity contribution in [2.45, 2.75) is 13.0 Å². The fourth-order valence-corrected chi connectivity index (χ4v) is 2.41. The van der Waals surface area contributed by atoms with Gasteiger partial charge in [0.2, 0.25) is 0 Å². The largest absolute Gasteiger partial charge is 0.367 e. The number of fused-ring (bicyclic) bond motifs is 1. The number of hydrogen-bond acceptors (Lipinski definition) is 4. The maximum Gasteiger partial charge on any atom is 0.141 e. The van der Waals surface area contributed by atoms with E-state index in [-0.39, 0.29) is 0 Å². The highest BCUT2D eigenvalue weighted by Crippen LogP contribution is 2.25. The summed E-state index contributed by atoms with van der Waals surface area (Å²) in [6, 6.07) is 12.6. The minimum atomic E-state index is 0.700. The Balaban J connectivity index is 1.87. The van der Waals surface area contributed by atoms with E-state index in [0.717, 1.165) is 25.2 Å². The summed E-state index contributed by atoms with van der Waals surface area (Å²) in [5, 5.41) is 0. The van der Waals surface area contributed by atoms with Crippen molar-refractivity contribution < 1.29 is 0 Å². The van der Waals surface area contributed by atoms with E-state index in [9.17, 15) is 0 Å². The summed E-state index contributed by atoms with van der Waals surface area (Å²) in [5.41, 5.74) is 6.61. The molecule has 4 heteroatoms. The lowest BCUT2D eigenvalue weighted by Gasteiger charge is -2.30. The van der Waals surface area contributed by atoms with Crippen LogP contribution in [0.1, 0.15) is 11.1 Å². The van der Waals surface area contributed by atoms with Crippen molar-refractivity contribution in [3.63, 3.8) is 0 Å². The topological polar surface area (TPSA) is 54.2 Å². The van der Waals surface area contributed by atoms with Gasteiger partial charge >= 0.3 is 0 Å². The molecule has 0 amide bonds. The molecule has 3 rings (SSSR count). The lowest BCUT2D eigenvalue weighted by atomic mass is 9.99. The van der Waals surface area contributed by atoms with E-state index in [1.807, 2.05) is 12.1 Å². The van der Waals surface area contributed by atoms with Crippen molar-refractivity contribution in [1.29, 1.82) is 0 Å². The Morgan fingerprint density at radius 1 is 1.17 bits per heavy atom. The Labute approximate surface area is 106 Å². The Kier molecular flexibility index (Phi) is 2.86. The van der Waals surface area contributed by atoms with Gasteiger partial charge in [-0.05, 0) is 23.6 Å². The van der Waals surface area contributed by atoms with Gasteiger partial charge in [-0.15, -0.1) is 0 Å². The Hall–Kier alpha value is -2.07. The van der Waals surface area contributed by atoms with Crippen molar-refractivity contribution in [2.24, 2.45) is 5.84 Å². The van der Waals surface area contributed by atoms with Gasteiger partial charge in [-0.3, -0.25) is 0 Å². The van der Waals surface area contributed by atoms with E-state index >= 15 is 0 Å². The molecule has 2 heterocycles. The number of nitrogens with one attached hydrogen (secondary N) is 1. The first-order valence-electron chi connectivity index (χ1n) is 6.11. The van der Waals surface area contributed by atoms with Crippen LogP contribution in [0.25, 0.3) is 0 Å². The van der Waals surface area contributed by atoms with E-state index in [0.29, 0.717) is 5.82 Å². The van der Waals surface area contributed by atoms with E-state index in [2.05, 4.69) is 39.6 Å². The standard InChI is InChI=1S/C14H16N4/c15-17-14-9-13(5-7-16-14)18-8-6-11-3-1-2-4-12(11)10-18/h1-5,7,9H,6,8,10,15H2,(H,16,17). The number of anilines is 2. The first-order chi connectivity index (χ1) is 8.86. The number of hydrazine groups is 1. The molecular weight excluding hydrogens is 224 g/mol. The molecule has 0 bridgehead atoms. The predicted molar refractivity (Wildman–Crippen MR) is 73.2 cm³/mol. The van der Waals surface area contributed by atoms with Gasteiger partial charge in [0.1, 0.15) is 5.82 Å². The number of rotatable bonds is 2. The highest BCUT2D eigenvalue weighted by molar-refractivity contribution is 5.55. The van der Waals surface area contributed by atoms with Gasteiger partial charge in [-0.1, -0.05) is 24.3 Å². The maximum absolute atomic E-state index is 5.39. The van der Waals surface area contributed by atoms with E-state index < -0.39 is 0 Å². The predicted octanol–water partition coefficient (Wildman–Crippen LogP) is 1.93. The molecule has 2 aromatic rings. The van der Waals surface area contributed by atoms with Crippen molar-refractivity contribution in [2.75, 3.05) is 16.9 Å². The van der Waals surface area contributed by atoms with Crippen LogP contribution in [0.2, 0.25) is 0 Å². The normalized spacial score (nSPS) is 14.2. The molecule has 0 radical (unpaired) electrons. The molecule has 0 atom stereocenters. The zero-order chi connectivity index (χ0) is 12.4. The molecule has 0 unspecified atom stereocenters. The third-order valence-corrected chi connectivity index (χ3v) is 3.39. The van der Waals surface area contributed by atoms with Crippen LogP contribution in [0.15, 0.2) is 42.6 Å². The number of aromatic nitrogens is 1. The minimum absolute atomic E-state index is 0.700. The Morgan fingerprint density at radius 2 is 2.00 bits per heavy atom. The van der Waals surface area contributed by atoms with Crippen LogP contribution in [0.4, 0.5) is 11.5 Å². The number of benzene rings is 1. The molecule has 0 saturated heterocycles. The average molecular weight is 240 g/mol. The van der Waals surface area contributed by atoms with Gasteiger partial charge in [-0.25, -0.2) is 10.8 Å². The quantitative estimate of drug-likeness (QED) is 0.622. The number of pyridine rings is 1. The van der Waals surface area contributed by atoms with Crippen LogP contribution in [0.5, 0.6) is 0 Å². The Morgan fingerprint density at radius 3 is 2.83 bits per heavy atom. The van der Waals surface area contributed by atoms with Crippen molar-refractivity contribution >= 4 is 11.5 Å². The summed E-state index contributed by atoms with van der Waals surface area (Å²) in [6.07, 6.45) is 2.87. The third-order valence-electron chi connectivity index (χ3n) is 3.39. The van der Waals surface area contributed by atoms with Crippen molar-refractivity contribution in [3.8, 4) is 0 Å². The summed E-state index contributed by atoms with van der Waals surface area (Å²) in [6.45, 7) is 1.98. The van der Waals surface area contributed by atoms with Gasteiger partial charge in [0.05, 0.1) is 0 Å². The van der Waals surface area contributed by atoms with Crippen molar-refractivity contribution in [3.05, 3.63) is 53.7 Å². The molecule has 1 aromatic heterocycles. The average Bonchev–Trinajstić information content (AvgIpc) is 2.47. The van der Waals surface area contributed by atoms with Crippen LogP contribution in [-0.2, 0) is 13.0 Å². The molecule has 1 aromatic carbocycles. The lowest BCUT2D eigenvalue weighted by molar-refractivity contribution is 0.731. The second-order valence-corrected chi connectivity index (χ2v) is 4.48. The smallest absolute Gasteiger partial charge is 0.141 e. The molecule has 18 heavy (non-hydrogen) atoms. The van der Waals surface area contributed by atoms with Gasteiger partial charge in [-0.2, -0.15) is 0 Å². The van der Waals surface area contributed by atoms with E-state index in [1.54, 1.807) is 6.20 Å². The first kappa shape index (κ1) is 11.0. The molecule has 0 saturated carbocycles. The number of nitrogens with zero attached hydrogens (tertiary/aromatic N) is 2. The van der Waals surface area contributed by atoms with E-state index in [4.69, 9.17) is 5.84 Å². The molecule has 3 N–H and O–H groups in total. The van der Waals surface area contributed by atoms with Crippen molar-refractivity contribution in [1.82, 2.24) is 4.98 Å². The second-order valence-electron chi connectivity index (χ2n) is 4.48. The molecule has 1 aliphatic rings.